The predicted octanol–water partition coefficient (Wildman–Crippen LogP) is 6.34. The highest BCUT2D eigenvalue weighted by molar-refractivity contribution is 5.79. The molecule has 3 heterocycles. The van der Waals surface area contributed by atoms with Crippen LogP contribution >= 0.6 is 0 Å². The Balaban J connectivity index is 1.40. The summed E-state index contributed by atoms with van der Waals surface area (Å²) in [5.41, 5.74) is 9.39. The molecule has 5 heteroatoms. The molecule has 6 rings (SSSR count). The van der Waals surface area contributed by atoms with E-state index in [2.05, 4.69) is 48.2 Å². The minimum absolute atomic E-state index is 0.00517. The van der Waals surface area contributed by atoms with Gasteiger partial charge in [-0.3, -0.25) is 9.78 Å². The van der Waals surface area contributed by atoms with E-state index in [1.165, 1.54) is 41.5 Å². The van der Waals surface area contributed by atoms with Crippen LogP contribution in [0.2, 0.25) is 0 Å². The summed E-state index contributed by atoms with van der Waals surface area (Å²) in [5, 5.41) is 0. The van der Waals surface area contributed by atoms with Crippen molar-refractivity contribution < 1.29 is 14.3 Å². The second-order valence-electron chi connectivity index (χ2n) is 10.8. The number of methoxy groups -OCH3 is 1. The molecule has 1 aromatic heterocycles. The smallest absolute Gasteiger partial charge is 0.225 e. The summed E-state index contributed by atoms with van der Waals surface area (Å²) in [6.07, 6.45) is 7.26. The molecule has 5 nitrogen and oxygen atoms in total. The molecule has 0 saturated heterocycles. The van der Waals surface area contributed by atoms with E-state index in [1.807, 2.05) is 12.1 Å². The molecule has 1 fully saturated rings. The third-order valence-electron chi connectivity index (χ3n) is 8.52. The number of aromatic nitrogens is 1. The van der Waals surface area contributed by atoms with Gasteiger partial charge in [-0.15, -0.1) is 0 Å². The summed E-state index contributed by atoms with van der Waals surface area (Å²) < 4.78 is 11.9. The van der Waals surface area contributed by atoms with E-state index in [9.17, 15) is 4.79 Å². The fraction of sp³-hybridized carbons (Fsp3) is 0.438. The number of aryl methyl sites for hydroxylation is 1. The van der Waals surface area contributed by atoms with Gasteiger partial charge in [0, 0.05) is 43.1 Å². The number of ether oxygens (including phenoxy) is 2. The summed E-state index contributed by atoms with van der Waals surface area (Å²) in [6, 6.07) is 16.7. The van der Waals surface area contributed by atoms with E-state index in [1.54, 1.807) is 7.11 Å². The van der Waals surface area contributed by atoms with E-state index in [4.69, 9.17) is 14.5 Å². The first-order valence-electron chi connectivity index (χ1n) is 13.8. The number of benzene rings is 2. The number of carbonyl (C=O) groups excluding carboxylic acids is 1. The molecule has 0 N–H and O–H groups in total. The minimum Gasteiger partial charge on any atom is -0.497 e. The summed E-state index contributed by atoms with van der Waals surface area (Å²) >= 11 is 0. The van der Waals surface area contributed by atoms with Crippen LogP contribution in [0.15, 0.2) is 48.5 Å². The SMILES string of the molecule is COc1ccc(-c2nc3c(c4c2C[C@H](c2ccccc2)OC4)CN(C(=O)C2CCCCC2)CC3)c(C)c1. The van der Waals surface area contributed by atoms with Crippen LogP contribution in [0.5, 0.6) is 5.75 Å². The van der Waals surface area contributed by atoms with Gasteiger partial charge in [-0.2, -0.15) is 0 Å². The van der Waals surface area contributed by atoms with Gasteiger partial charge in [0.15, 0.2) is 0 Å². The van der Waals surface area contributed by atoms with Crippen molar-refractivity contribution in [1.82, 2.24) is 9.88 Å². The van der Waals surface area contributed by atoms with E-state index in [-0.39, 0.29) is 12.0 Å². The summed E-state index contributed by atoms with van der Waals surface area (Å²) in [6.45, 7) is 4.08. The average Bonchev–Trinajstić information content (AvgIpc) is 2.96. The maximum absolute atomic E-state index is 13.4. The van der Waals surface area contributed by atoms with Crippen molar-refractivity contribution in [1.29, 1.82) is 0 Å². The van der Waals surface area contributed by atoms with Gasteiger partial charge in [-0.1, -0.05) is 49.6 Å². The molecule has 0 spiro atoms. The largest absolute Gasteiger partial charge is 0.497 e. The van der Waals surface area contributed by atoms with Crippen LogP contribution in [-0.2, 0) is 35.5 Å². The van der Waals surface area contributed by atoms with Gasteiger partial charge in [0.2, 0.25) is 5.91 Å². The van der Waals surface area contributed by atoms with E-state index in [0.717, 1.165) is 60.5 Å². The molecule has 2 aliphatic heterocycles. The minimum atomic E-state index is -0.00517. The molecule has 1 atom stereocenters. The summed E-state index contributed by atoms with van der Waals surface area (Å²) in [5.74, 6) is 1.39. The molecule has 1 aliphatic carbocycles. The van der Waals surface area contributed by atoms with E-state index in [0.29, 0.717) is 19.1 Å². The highest BCUT2D eigenvalue weighted by Gasteiger charge is 2.34. The lowest BCUT2D eigenvalue weighted by atomic mass is 9.85. The van der Waals surface area contributed by atoms with Crippen molar-refractivity contribution in [3.63, 3.8) is 0 Å². The van der Waals surface area contributed by atoms with E-state index >= 15 is 0 Å². The molecule has 0 radical (unpaired) electrons. The van der Waals surface area contributed by atoms with Gasteiger partial charge >= 0.3 is 0 Å². The standard InChI is InChI=1S/C32H36N2O3/c1-21-17-24(36-2)13-14-25(21)31-26-18-30(22-9-5-3-6-10-22)37-20-28(26)27-19-34(16-15-29(27)33-31)32(35)23-11-7-4-8-12-23/h3,5-6,9-10,13-14,17,23,30H,4,7-8,11-12,15-16,18-20H2,1-2H3/t30-/m1/s1. The number of pyridine rings is 1. The van der Waals surface area contributed by atoms with Crippen molar-refractivity contribution in [3.05, 3.63) is 82.0 Å². The van der Waals surface area contributed by atoms with Crippen molar-refractivity contribution in [3.8, 4) is 17.0 Å². The van der Waals surface area contributed by atoms with Crippen LogP contribution in [0.25, 0.3) is 11.3 Å². The van der Waals surface area contributed by atoms with Crippen LogP contribution in [0.4, 0.5) is 0 Å². The van der Waals surface area contributed by atoms with Crippen molar-refractivity contribution >= 4 is 5.91 Å². The molecule has 0 unspecified atom stereocenters. The third kappa shape index (κ3) is 4.66. The zero-order chi connectivity index (χ0) is 25.4. The Labute approximate surface area is 219 Å². The number of amides is 1. The number of hydrogen-bond donors (Lipinski definition) is 0. The Hall–Kier alpha value is -3.18. The van der Waals surface area contributed by atoms with Crippen LogP contribution in [0, 0.1) is 12.8 Å². The van der Waals surface area contributed by atoms with Gasteiger partial charge in [0.1, 0.15) is 5.75 Å². The Morgan fingerprint density at radius 3 is 2.59 bits per heavy atom. The zero-order valence-corrected chi connectivity index (χ0v) is 22.0. The number of carbonyl (C=O) groups is 1. The number of hydrogen-bond acceptors (Lipinski definition) is 4. The quantitative estimate of drug-likeness (QED) is 0.423. The molecular weight excluding hydrogens is 460 g/mol. The van der Waals surface area contributed by atoms with Gasteiger partial charge < -0.3 is 14.4 Å². The topological polar surface area (TPSA) is 51.7 Å². The molecule has 37 heavy (non-hydrogen) atoms. The fourth-order valence-corrected chi connectivity index (χ4v) is 6.42. The maximum atomic E-state index is 13.4. The van der Waals surface area contributed by atoms with Gasteiger partial charge in [0.25, 0.3) is 0 Å². The Morgan fingerprint density at radius 2 is 1.84 bits per heavy atom. The second kappa shape index (κ2) is 10.3. The molecule has 1 amide bonds. The fourth-order valence-electron chi connectivity index (χ4n) is 6.42. The number of fused-ring (bicyclic) bond motifs is 3. The molecule has 3 aromatic rings. The lowest BCUT2D eigenvalue weighted by Crippen LogP contribution is -2.41. The lowest BCUT2D eigenvalue weighted by molar-refractivity contribution is -0.137. The Bertz CT molecular complexity index is 1300. The van der Waals surface area contributed by atoms with Gasteiger partial charge in [-0.25, -0.2) is 0 Å². The molecule has 192 valence electrons. The Kier molecular flexibility index (Phi) is 6.72. The summed E-state index contributed by atoms with van der Waals surface area (Å²) in [7, 11) is 1.70. The zero-order valence-electron chi connectivity index (χ0n) is 22.0. The number of nitrogens with zero attached hydrogens (tertiary/aromatic N) is 2. The second-order valence-corrected chi connectivity index (χ2v) is 10.8. The highest BCUT2D eigenvalue weighted by atomic mass is 16.5. The van der Waals surface area contributed by atoms with E-state index < -0.39 is 0 Å². The van der Waals surface area contributed by atoms with Crippen LogP contribution in [0.1, 0.15) is 71.7 Å². The van der Waals surface area contributed by atoms with Gasteiger partial charge in [0.05, 0.1) is 25.5 Å². The molecule has 2 aromatic carbocycles. The predicted molar refractivity (Wildman–Crippen MR) is 144 cm³/mol. The molecule has 1 saturated carbocycles. The molecule has 0 bridgehead atoms. The lowest BCUT2D eigenvalue weighted by Gasteiger charge is -2.36. The van der Waals surface area contributed by atoms with Crippen LogP contribution < -0.4 is 4.74 Å². The monoisotopic (exact) mass is 496 g/mol. The molecular formula is C32H36N2O3. The Morgan fingerprint density at radius 1 is 1.03 bits per heavy atom. The first-order valence-corrected chi connectivity index (χ1v) is 13.8. The normalized spacial score (nSPS) is 19.7. The number of rotatable bonds is 4. The maximum Gasteiger partial charge on any atom is 0.225 e. The first-order chi connectivity index (χ1) is 18.1. The van der Waals surface area contributed by atoms with Crippen LogP contribution in [-0.4, -0.2) is 29.4 Å². The molecule has 3 aliphatic rings. The van der Waals surface area contributed by atoms with Gasteiger partial charge in [-0.05, 0) is 65.8 Å². The van der Waals surface area contributed by atoms with Crippen molar-refractivity contribution in [2.24, 2.45) is 5.92 Å². The third-order valence-corrected chi connectivity index (χ3v) is 8.52. The average molecular weight is 497 g/mol. The van der Waals surface area contributed by atoms with Crippen LogP contribution in [0.3, 0.4) is 0 Å². The first kappa shape index (κ1) is 24.2. The van der Waals surface area contributed by atoms with Crippen molar-refractivity contribution in [2.45, 2.75) is 71.1 Å². The highest BCUT2D eigenvalue weighted by Crippen LogP contribution is 2.41. The summed E-state index contributed by atoms with van der Waals surface area (Å²) in [4.78, 5) is 20.8. The van der Waals surface area contributed by atoms with Crippen molar-refractivity contribution in [2.75, 3.05) is 13.7 Å².